The second kappa shape index (κ2) is 12.3. The zero-order valence-electron chi connectivity index (χ0n) is 23.0. The topological polar surface area (TPSA) is 121 Å². The Morgan fingerprint density at radius 1 is 1.00 bits per heavy atom. The van der Waals surface area contributed by atoms with Gasteiger partial charge in [-0.2, -0.15) is 13.5 Å². The van der Waals surface area contributed by atoms with Gasteiger partial charge in [-0.3, -0.25) is 4.90 Å². The number of benzene rings is 3. The molecule has 1 saturated heterocycles. The van der Waals surface area contributed by atoms with Crippen LogP contribution in [0.25, 0.3) is 11.0 Å². The van der Waals surface area contributed by atoms with E-state index in [1.165, 1.54) is 12.1 Å². The van der Waals surface area contributed by atoms with Crippen molar-refractivity contribution >= 4 is 26.7 Å². The van der Waals surface area contributed by atoms with Gasteiger partial charge in [-0.05, 0) is 43.7 Å². The fourth-order valence-electron chi connectivity index (χ4n) is 5.21. The molecule has 0 aliphatic carbocycles. The summed E-state index contributed by atoms with van der Waals surface area (Å²) in [5.41, 5.74) is 1.88. The first-order valence-electron chi connectivity index (χ1n) is 13.5. The molecule has 0 bridgehead atoms. The Bertz CT molecular complexity index is 1700. The number of aromatic hydroxyl groups is 1. The molecule has 10 heteroatoms. The Balaban J connectivity index is 1.63. The van der Waals surface area contributed by atoms with Crippen LogP contribution in [0.5, 0.6) is 5.75 Å². The number of morpholine rings is 1. The van der Waals surface area contributed by atoms with Gasteiger partial charge in [-0.25, -0.2) is 9.63 Å². The maximum absolute atomic E-state index is 13.5. The maximum Gasteiger partial charge on any atom is 0.343 e. The highest BCUT2D eigenvalue weighted by Crippen LogP contribution is 2.39. The number of nitrogens with one attached hydrogen (secondary N) is 1. The molecule has 0 saturated carbocycles. The molecule has 2 heterocycles. The van der Waals surface area contributed by atoms with Gasteiger partial charge in [0.1, 0.15) is 11.3 Å². The van der Waals surface area contributed by atoms with Gasteiger partial charge in [-0.1, -0.05) is 60.2 Å². The summed E-state index contributed by atoms with van der Waals surface area (Å²) in [6.45, 7) is 6.50. The van der Waals surface area contributed by atoms with E-state index in [1.807, 2.05) is 37.3 Å². The fraction of sp³-hybridized carbons (Fsp3) is 0.290. The summed E-state index contributed by atoms with van der Waals surface area (Å²) >= 11 is 0. The van der Waals surface area contributed by atoms with Crippen molar-refractivity contribution in [3.8, 4) is 5.75 Å². The number of aryl methyl sites for hydroxylation is 1. The lowest BCUT2D eigenvalue weighted by atomic mass is 9.78. The molecule has 41 heavy (non-hydrogen) atoms. The maximum atomic E-state index is 13.5. The van der Waals surface area contributed by atoms with Crippen molar-refractivity contribution in [3.05, 3.63) is 106 Å². The highest BCUT2D eigenvalue weighted by Gasteiger charge is 2.35. The van der Waals surface area contributed by atoms with Gasteiger partial charge >= 0.3 is 5.63 Å². The molecule has 2 N–H and O–H groups in total. The van der Waals surface area contributed by atoms with Crippen LogP contribution in [0, 0.1) is 12.8 Å². The molecule has 0 radical (unpaired) electrons. The van der Waals surface area contributed by atoms with E-state index in [-0.39, 0.29) is 21.8 Å². The van der Waals surface area contributed by atoms with E-state index < -0.39 is 27.5 Å². The van der Waals surface area contributed by atoms with E-state index >= 15 is 0 Å². The molecule has 1 aliphatic rings. The molecule has 3 aromatic carbocycles. The van der Waals surface area contributed by atoms with E-state index in [1.54, 1.807) is 43.3 Å². The molecule has 1 aliphatic heterocycles. The van der Waals surface area contributed by atoms with Gasteiger partial charge in [0.25, 0.3) is 10.0 Å². The molecule has 0 unspecified atom stereocenters. The van der Waals surface area contributed by atoms with Crippen molar-refractivity contribution in [3.63, 3.8) is 0 Å². The van der Waals surface area contributed by atoms with Gasteiger partial charge in [0.15, 0.2) is 0 Å². The zero-order chi connectivity index (χ0) is 29.0. The molecule has 0 amide bonds. The number of rotatable bonds is 9. The molecule has 214 valence electrons. The van der Waals surface area contributed by atoms with Crippen molar-refractivity contribution in [1.29, 1.82) is 0 Å². The summed E-state index contributed by atoms with van der Waals surface area (Å²) in [6.07, 6.45) is 0. The Hall–Kier alpha value is -3.99. The minimum absolute atomic E-state index is 0.0943. The minimum Gasteiger partial charge on any atom is -0.507 e. The van der Waals surface area contributed by atoms with Crippen LogP contribution >= 0.6 is 0 Å². The van der Waals surface area contributed by atoms with Crippen LogP contribution in [0.4, 0.5) is 0 Å². The lowest BCUT2D eigenvalue weighted by Gasteiger charge is -2.34. The highest BCUT2D eigenvalue weighted by molar-refractivity contribution is 7.89. The number of nitrogens with zero attached hydrogens (tertiary/aromatic N) is 2. The van der Waals surface area contributed by atoms with Crippen LogP contribution in [-0.4, -0.2) is 57.0 Å². The van der Waals surface area contributed by atoms with Crippen molar-refractivity contribution in [2.24, 2.45) is 11.0 Å². The summed E-state index contributed by atoms with van der Waals surface area (Å²) in [5, 5.41) is 16.3. The van der Waals surface area contributed by atoms with Gasteiger partial charge in [0.05, 0.1) is 29.1 Å². The highest BCUT2D eigenvalue weighted by atomic mass is 32.2. The standard InChI is InChI=1S/C31H33N3O6S/c1-21-12-14-24(15-13-21)41(37,38)33-32-22(2)26(20-34-16-18-39-19-17-34)28(23-8-4-3-5-9-23)29-30(35)25-10-6-7-11-27(25)40-31(29)36/h3-15,26,28,33,35H,16-20H2,1-2H3/b32-22+/t26-,28+/m0/s1. The van der Waals surface area contributed by atoms with Crippen molar-refractivity contribution in [2.45, 2.75) is 24.7 Å². The normalized spacial score (nSPS) is 16.4. The van der Waals surface area contributed by atoms with Crippen molar-refractivity contribution < 1.29 is 22.7 Å². The lowest BCUT2D eigenvalue weighted by molar-refractivity contribution is 0.0335. The molecule has 4 aromatic rings. The van der Waals surface area contributed by atoms with Crippen LogP contribution in [-0.2, 0) is 14.8 Å². The van der Waals surface area contributed by atoms with Crippen molar-refractivity contribution in [1.82, 2.24) is 9.73 Å². The van der Waals surface area contributed by atoms with Gasteiger partial charge in [-0.15, -0.1) is 0 Å². The first kappa shape index (κ1) is 28.5. The number of sulfonamides is 1. The molecular weight excluding hydrogens is 542 g/mol. The largest absolute Gasteiger partial charge is 0.507 e. The van der Waals surface area contributed by atoms with Gasteiger partial charge in [0.2, 0.25) is 0 Å². The predicted molar refractivity (Wildman–Crippen MR) is 158 cm³/mol. The van der Waals surface area contributed by atoms with Crippen LogP contribution in [0.1, 0.15) is 29.5 Å². The number of para-hydroxylation sites is 1. The molecule has 1 aromatic heterocycles. The smallest absolute Gasteiger partial charge is 0.343 e. The number of hydrogen-bond donors (Lipinski definition) is 2. The second-order valence-corrected chi connectivity index (χ2v) is 11.9. The SMILES string of the molecule is C/C(=N\NS(=O)(=O)c1ccc(C)cc1)[C@H](CN1CCOCC1)[C@@H](c1ccccc1)c1c(O)c2ccccc2oc1=O. The first-order chi connectivity index (χ1) is 19.7. The van der Waals surface area contributed by atoms with Crippen molar-refractivity contribution in [2.75, 3.05) is 32.8 Å². The lowest BCUT2D eigenvalue weighted by Crippen LogP contribution is -2.43. The number of hydrazone groups is 1. The average molecular weight is 576 g/mol. The average Bonchev–Trinajstić information content (AvgIpc) is 2.98. The molecule has 5 rings (SSSR count). The van der Waals surface area contributed by atoms with Gasteiger partial charge in [0, 0.05) is 37.2 Å². The van der Waals surface area contributed by atoms with E-state index in [2.05, 4.69) is 14.8 Å². The van der Waals surface area contributed by atoms with Crippen LogP contribution in [0.15, 0.2) is 98.1 Å². The molecule has 2 atom stereocenters. The summed E-state index contributed by atoms with van der Waals surface area (Å²) in [6, 6.07) is 22.7. The summed E-state index contributed by atoms with van der Waals surface area (Å²) < 4.78 is 37.4. The zero-order valence-corrected chi connectivity index (χ0v) is 23.8. The van der Waals surface area contributed by atoms with Crippen LogP contribution in [0.2, 0.25) is 0 Å². The number of ether oxygens (including phenoxy) is 1. The number of fused-ring (bicyclic) bond motifs is 1. The molecule has 0 spiro atoms. The Labute approximate surface area is 239 Å². The van der Waals surface area contributed by atoms with E-state index in [0.29, 0.717) is 43.9 Å². The third-order valence-corrected chi connectivity index (χ3v) is 8.69. The third-order valence-electron chi connectivity index (χ3n) is 7.46. The fourth-order valence-corrected chi connectivity index (χ4v) is 6.07. The predicted octanol–water partition coefficient (Wildman–Crippen LogP) is 4.24. The quantitative estimate of drug-likeness (QED) is 0.174. The summed E-state index contributed by atoms with van der Waals surface area (Å²) in [4.78, 5) is 18.2. The summed E-state index contributed by atoms with van der Waals surface area (Å²) in [5.74, 6) is -1.36. The monoisotopic (exact) mass is 575 g/mol. The van der Waals surface area contributed by atoms with Crippen LogP contribution < -0.4 is 10.5 Å². The molecular formula is C31H33N3O6S. The Morgan fingerprint density at radius 2 is 1.66 bits per heavy atom. The third kappa shape index (κ3) is 6.35. The molecule has 9 nitrogen and oxygen atoms in total. The minimum atomic E-state index is -3.94. The summed E-state index contributed by atoms with van der Waals surface area (Å²) in [7, 11) is -3.94. The Kier molecular flexibility index (Phi) is 8.53. The van der Waals surface area contributed by atoms with E-state index in [9.17, 15) is 18.3 Å². The number of hydrogen-bond acceptors (Lipinski definition) is 8. The van der Waals surface area contributed by atoms with Crippen LogP contribution in [0.3, 0.4) is 0 Å². The van der Waals surface area contributed by atoms with Gasteiger partial charge < -0.3 is 14.3 Å². The first-order valence-corrected chi connectivity index (χ1v) is 15.0. The van der Waals surface area contributed by atoms with E-state index in [4.69, 9.17) is 9.15 Å². The Morgan fingerprint density at radius 3 is 2.37 bits per heavy atom. The van der Waals surface area contributed by atoms with E-state index in [0.717, 1.165) is 11.1 Å². The molecule has 1 fully saturated rings. The second-order valence-electron chi connectivity index (χ2n) is 10.2.